The molecule has 19 heavy (non-hydrogen) atoms. The van der Waals surface area contributed by atoms with E-state index in [0.29, 0.717) is 6.42 Å². The number of aryl methyl sites for hydroxylation is 1. The summed E-state index contributed by atoms with van der Waals surface area (Å²) in [6.07, 6.45) is -9.23. The lowest BCUT2D eigenvalue weighted by atomic mass is 10.0. The average Bonchev–Trinajstić information content (AvgIpc) is 2.23. The van der Waals surface area contributed by atoms with Gasteiger partial charge in [-0.2, -0.15) is 26.3 Å². The molecule has 0 nitrogen and oxygen atoms in total. The molecule has 0 aliphatic rings. The summed E-state index contributed by atoms with van der Waals surface area (Å²) in [6.45, 7) is 1.62. The molecule has 0 spiro atoms. The summed E-state index contributed by atoms with van der Waals surface area (Å²) in [6, 6.07) is 1.58. The maximum absolute atomic E-state index is 12.5. The van der Waals surface area contributed by atoms with Gasteiger partial charge in [-0.25, -0.2) is 0 Å². The molecule has 0 amide bonds. The molecule has 0 heterocycles. The minimum absolute atomic E-state index is 0.0188. The van der Waals surface area contributed by atoms with E-state index in [4.69, 9.17) is 11.6 Å². The van der Waals surface area contributed by atoms with Crippen LogP contribution in [-0.2, 0) is 18.8 Å². The molecule has 0 aliphatic carbocycles. The Bertz CT molecular complexity index is 401. The second-order valence-electron chi connectivity index (χ2n) is 4.23. The van der Waals surface area contributed by atoms with Crippen molar-refractivity contribution in [2.24, 2.45) is 0 Å². The molecule has 0 N–H and O–H groups in total. The Labute approximate surface area is 111 Å². The normalized spacial score (nSPS) is 14.5. The van der Waals surface area contributed by atoms with Gasteiger partial charge in [0.25, 0.3) is 0 Å². The first-order chi connectivity index (χ1) is 8.50. The van der Waals surface area contributed by atoms with Crippen molar-refractivity contribution in [1.29, 1.82) is 0 Å². The summed E-state index contributed by atoms with van der Waals surface area (Å²) in [5.74, 6) is 0. The van der Waals surface area contributed by atoms with Crippen molar-refractivity contribution >= 4 is 11.6 Å². The van der Waals surface area contributed by atoms with E-state index >= 15 is 0 Å². The van der Waals surface area contributed by atoms with Crippen molar-refractivity contribution in [2.45, 2.75) is 37.5 Å². The Kier molecular flexibility index (Phi) is 4.76. The summed E-state index contributed by atoms with van der Waals surface area (Å²) < 4.78 is 75.2. The highest BCUT2D eigenvalue weighted by Crippen LogP contribution is 2.36. The van der Waals surface area contributed by atoms with E-state index in [1.165, 1.54) is 0 Å². The fourth-order valence-corrected chi connectivity index (χ4v) is 1.64. The first-order valence-corrected chi connectivity index (χ1v) is 5.86. The Morgan fingerprint density at radius 3 is 1.68 bits per heavy atom. The van der Waals surface area contributed by atoms with Crippen LogP contribution in [0.25, 0.3) is 0 Å². The van der Waals surface area contributed by atoms with Gasteiger partial charge < -0.3 is 0 Å². The maximum atomic E-state index is 12.5. The monoisotopic (exact) mass is 304 g/mol. The lowest BCUT2D eigenvalue weighted by Gasteiger charge is -2.14. The van der Waals surface area contributed by atoms with Crippen LogP contribution in [-0.4, -0.2) is 5.38 Å². The number of alkyl halides is 7. The van der Waals surface area contributed by atoms with E-state index in [1.807, 2.05) is 0 Å². The van der Waals surface area contributed by atoms with Gasteiger partial charge >= 0.3 is 12.4 Å². The summed E-state index contributed by atoms with van der Waals surface area (Å²) in [4.78, 5) is 0. The smallest absolute Gasteiger partial charge is 0.166 e. The molecule has 0 radical (unpaired) electrons. The minimum Gasteiger partial charge on any atom is -0.166 e. The van der Waals surface area contributed by atoms with Crippen LogP contribution in [0.4, 0.5) is 26.3 Å². The van der Waals surface area contributed by atoms with Crippen molar-refractivity contribution < 1.29 is 26.3 Å². The van der Waals surface area contributed by atoms with Crippen molar-refractivity contribution in [3.63, 3.8) is 0 Å². The van der Waals surface area contributed by atoms with Crippen LogP contribution in [0.2, 0.25) is 0 Å². The summed E-state index contributed by atoms with van der Waals surface area (Å²) >= 11 is 5.64. The Morgan fingerprint density at radius 2 is 1.37 bits per heavy atom. The number of benzene rings is 1. The van der Waals surface area contributed by atoms with E-state index in [0.717, 1.165) is 12.1 Å². The van der Waals surface area contributed by atoms with Gasteiger partial charge in [0.2, 0.25) is 0 Å². The van der Waals surface area contributed by atoms with Crippen LogP contribution >= 0.6 is 11.6 Å². The molecule has 0 saturated carbocycles. The maximum Gasteiger partial charge on any atom is 0.416 e. The Balaban J connectivity index is 3.17. The molecule has 0 aromatic heterocycles. The van der Waals surface area contributed by atoms with E-state index in [2.05, 4.69) is 0 Å². The molecule has 1 aromatic rings. The average molecular weight is 305 g/mol. The highest BCUT2D eigenvalue weighted by molar-refractivity contribution is 6.20. The highest BCUT2D eigenvalue weighted by atomic mass is 35.5. The number of rotatable bonds is 3. The third kappa shape index (κ3) is 4.93. The lowest BCUT2D eigenvalue weighted by Crippen LogP contribution is -2.12. The molecule has 0 bridgehead atoms. The quantitative estimate of drug-likeness (QED) is 0.526. The first-order valence-electron chi connectivity index (χ1n) is 5.42. The second kappa shape index (κ2) is 5.61. The zero-order valence-electron chi connectivity index (χ0n) is 9.87. The predicted molar refractivity (Wildman–Crippen MR) is 60.1 cm³/mol. The van der Waals surface area contributed by atoms with Gasteiger partial charge in [-0.15, -0.1) is 11.6 Å². The van der Waals surface area contributed by atoms with Gasteiger partial charge in [0, 0.05) is 5.38 Å². The largest absolute Gasteiger partial charge is 0.416 e. The van der Waals surface area contributed by atoms with Crippen LogP contribution in [0, 0.1) is 0 Å². The molecule has 1 rings (SSSR count). The lowest BCUT2D eigenvalue weighted by molar-refractivity contribution is -0.143. The standard InChI is InChI=1S/C12H11ClF6/c1-7(13)2-3-8-4-9(11(14,15)16)6-10(5-8)12(17,18)19/h4-7H,2-3H2,1H3. The number of halogens is 7. The molecular formula is C12H11ClF6. The first kappa shape index (κ1) is 16.1. The van der Waals surface area contributed by atoms with Gasteiger partial charge in [0.15, 0.2) is 0 Å². The minimum atomic E-state index is -4.80. The molecule has 1 aromatic carbocycles. The zero-order chi connectivity index (χ0) is 14.8. The van der Waals surface area contributed by atoms with Gasteiger partial charge in [-0.3, -0.25) is 0 Å². The van der Waals surface area contributed by atoms with Crippen LogP contribution in [0.1, 0.15) is 30.0 Å². The Morgan fingerprint density at radius 1 is 0.947 bits per heavy atom. The molecule has 0 saturated heterocycles. The molecular weight excluding hydrogens is 294 g/mol. The third-order valence-corrected chi connectivity index (χ3v) is 2.70. The zero-order valence-corrected chi connectivity index (χ0v) is 10.6. The molecule has 108 valence electrons. The topological polar surface area (TPSA) is 0 Å². The fourth-order valence-electron chi connectivity index (χ4n) is 1.53. The van der Waals surface area contributed by atoms with E-state index in [9.17, 15) is 26.3 Å². The second-order valence-corrected chi connectivity index (χ2v) is 4.98. The fraction of sp³-hybridized carbons (Fsp3) is 0.500. The predicted octanol–water partition coefficient (Wildman–Crippen LogP) is 5.28. The van der Waals surface area contributed by atoms with Crippen molar-refractivity contribution in [3.8, 4) is 0 Å². The van der Waals surface area contributed by atoms with Crippen molar-refractivity contribution in [1.82, 2.24) is 0 Å². The van der Waals surface area contributed by atoms with Gasteiger partial charge in [-0.1, -0.05) is 0 Å². The van der Waals surface area contributed by atoms with Gasteiger partial charge in [-0.05, 0) is 43.5 Å². The highest BCUT2D eigenvalue weighted by Gasteiger charge is 2.36. The van der Waals surface area contributed by atoms with E-state index < -0.39 is 23.5 Å². The van der Waals surface area contributed by atoms with Crippen LogP contribution in [0.3, 0.4) is 0 Å². The SMILES string of the molecule is CC(Cl)CCc1cc(C(F)(F)F)cc(C(F)(F)F)c1. The van der Waals surface area contributed by atoms with Crippen LogP contribution in [0.15, 0.2) is 18.2 Å². The van der Waals surface area contributed by atoms with Gasteiger partial charge in [0.1, 0.15) is 0 Å². The Hall–Kier alpha value is -0.910. The summed E-state index contributed by atoms with van der Waals surface area (Å²) in [5, 5.41) is -0.316. The molecule has 0 fully saturated rings. The molecule has 1 atom stereocenters. The van der Waals surface area contributed by atoms with Gasteiger partial charge in [0.05, 0.1) is 11.1 Å². The number of hydrogen-bond acceptors (Lipinski definition) is 0. The summed E-state index contributed by atoms with van der Waals surface area (Å²) in [7, 11) is 0. The third-order valence-electron chi connectivity index (χ3n) is 2.48. The number of hydrogen-bond donors (Lipinski definition) is 0. The molecule has 1 unspecified atom stereocenters. The van der Waals surface area contributed by atoms with E-state index in [-0.39, 0.29) is 23.4 Å². The van der Waals surface area contributed by atoms with Crippen molar-refractivity contribution in [3.05, 3.63) is 34.9 Å². The molecule has 0 aliphatic heterocycles. The van der Waals surface area contributed by atoms with Crippen LogP contribution in [0.5, 0.6) is 0 Å². The van der Waals surface area contributed by atoms with Crippen LogP contribution < -0.4 is 0 Å². The van der Waals surface area contributed by atoms with Crippen molar-refractivity contribution in [2.75, 3.05) is 0 Å². The molecule has 7 heteroatoms. The van der Waals surface area contributed by atoms with E-state index in [1.54, 1.807) is 6.92 Å². The summed E-state index contributed by atoms with van der Waals surface area (Å²) in [5.41, 5.74) is -2.60.